The summed E-state index contributed by atoms with van der Waals surface area (Å²) in [5.41, 5.74) is 2.07. The van der Waals surface area contributed by atoms with Crippen molar-refractivity contribution >= 4 is 11.6 Å². The first-order chi connectivity index (χ1) is 9.60. The average Bonchev–Trinajstić information content (AvgIpc) is 2.46. The average molecular weight is 300 g/mol. The first kappa shape index (κ1) is 15.4. The lowest BCUT2D eigenvalue weighted by molar-refractivity contribution is 0.0269. The van der Waals surface area contributed by atoms with E-state index in [1.807, 2.05) is 0 Å². The van der Waals surface area contributed by atoms with Crippen molar-refractivity contribution < 1.29 is 14.2 Å². The van der Waals surface area contributed by atoms with Gasteiger partial charge in [-0.1, -0.05) is 25.4 Å². The summed E-state index contributed by atoms with van der Waals surface area (Å²) in [6, 6.07) is 1.81. The third kappa shape index (κ3) is 2.87. The summed E-state index contributed by atoms with van der Waals surface area (Å²) in [5.74, 6) is 1.67. The van der Waals surface area contributed by atoms with Crippen LogP contribution in [0.4, 0.5) is 0 Å². The van der Waals surface area contributed by atoms with Crippen LogP contribution < -0.4 is 14.8 Å². The van der Waals surface area contributed by atoms with Gasteiger partial charge in [-0.15, -0.1) is 0 Å². The molecule has 0 aromatic heterocycles. The molecule has 1 unspecified atom stereocenters. The Hall–Kier alpha value is -0.970. The van der Waals surface area contributed by atoms with Gasteiger partial charge in [0.15, 0.2) is 11.5 Å². The second-order valence-corrected chi connectivity index (χ2v) is 5.55. The Morgan fingerprint density at radius 2 is 2.10 bits per heavy atom. The fourth-order valence-corrected chi connectivity index (χ4v) is 2.98. The van der Waals surface area contributed by atoms with Gasteiger partial charge in [0.25, 0.3) is 0 Å². The highest BCUT2D eigenvalue weighted by Gasteiger charge is 2.28. The van der Waals surface area contributed by atoms with Gasteiger partial charge in [0.2, 0.25) is 0 Å². The van der Waals surface area contributed by atoms with Crippen molar-refractivity contribution in [2.45, 2.75) is 25.9 Å². The van der Waals surface area contributed by atoms with Crippen molar-refractivity contribution in [1.82, 2.24) is 5.32 Å². The lowest BCUT2D eigenvalue weighted by Crippen LogP contribution is -2.34. The van der Waals surface area contributed by atoms with Gasteiger partial charge in [0.05, 0.1) is 32.0 Å². The van der Waals surface area contributed by atoms with Crippen LogP contribution in [0.2, 0.25) is 5.02 Å². The molecule has 1 saturated heterocycles. The van der Waals surface area contributed by atoms with Crippen LogP contribution >= 0.6 is 11.6 Å². The minimum absolute atomic E-state index is 0.0477. The molecular weight excluding hydrogens is 278 g/mol. The molecule has 1 heterocycles. The number of halogens is 1. The van der Waals surface area contributed by atoms with E-state index in [1.54, 1.807) is 20.3 Å². The smallest absolute Gasteiger partial charge is 0.164 e. The third-order valence-electron chi connectivity index (χ3n) is 3.52. The van der Waals surface area contributed by atoms with Crippen molar-refractivity contribution in [2.75, 3.05) is 33.9 Å². The van der Waals surface area contributed by atoms with E-state index < -0.39 is 0 Å². The van der Waals surface area contributed by atoms with Gasteiger partial charge in [0, 0.05) is 30.3 Å². The molecule has 1 aliphatic heterocycles. The molecule has 1 fully saturated rings. The zero-order valence-electron chi connectivity index (χ0n) is 12.5. The summed E-state index contributed by atoms with van der Waals surface area (Å²) in [4.78, 5) is 0. The number of rotatable bonds is 4. The van der Waals surface area contributed by atoms with Crippen molar-refractivity contribution in [3.05, 3.63) is 22.2 Å². The summed E-state index contributed by atoms with van der Waals surface area (Å²) in [5, 5.41) is 4.00. The predicted molar refractivity (Wildman–Crippen MR) is 80.2 cm³/mol. The standard InChI is InChI=1S/C15H22ClNO3/c1-9(2)13-14(12-8-17-5-6-20-12)10(16)7-11(18-3)15(13)19-4/h7,9,12,17H,5-6,8H2,1-4H3. The van der Waals surface area contributed by atoms with E-state index in [1.165, 1.54) is 0 Å². The minimum Gasteiger partial charge on any atom is -0.493 e. The zero-order valence-corrected chi connectivity index (χ0v) is 13.2. The molecular formula is C15H22ClNO3. The van der Waals surface area contributed by atoms with Crippen LogP contribution in [0.25, 0.3) is 0 Å². The highest BCUT2D eigenvalue weighted by atomic mass is 35.5. The first-order valence-corrected chi connectivity index (χ1v) is 7.24. The van der Waals surface area contributed by atoms with E-state index in [4.69, 9.17) is 25.8 Å². The summed E-state index contributed by atoms with van der Waals surface area (Å²) < 4.78 is 16.8. The monoisotopic (exact) mass is 299 g/mol. The van der Waals surface area contributed by atoms with Gasteiger partial charge in [-0.05, 0) is 5.92 Å². The fraction of sp³-hybridized carbons (Fsp3) is 0.600. The van der Waals surface area contributed by atoms with Crippen molar-refractivity contribution in [3.8, 4) is 11.5 Å². The molecule has 20 heavy (non-hydrogen) atoms. The number of nitrogens with one attached hydrogen (secondary N) is 1. The summed E-state index contributed by atoms with van der Waals surface area (Å²) in [6.45, 7) is 6.56. The molecule has 1 atom stereocenters. The number of ether oxygens (including phenoxy) is 3. The van der Waals surface area contributed by atoms with Crippen molar-refractivity contribution in [1.29, 1.82) is 0 Å². The molecule has 1 aliphatic rings. The number of hydrogen-bond acceptors (Lipinski definition) is 4. The largest absolute Gasteiger partial charge is 0.493 e. The van der Waals surface area contributed by atoms with Crippen molar-refractivity contribution in [2.24, 2.45) is 0 Å². The van der Waals surface area contributed by atoms with Gasteiger partial charge < -0.3 is 19.5 Å². The molecule has 0 amide bonds. The Balaban J connectivity index is 2.58. The van der Waals surface area contributed by atoms with Gasteiger partial charge in [-0.3, -0.25) is 0 Å². The van der Waals surface area contributed by atoms with Gasteiger partial charge >= 0.3 is 0 Å². The Kier molecular flexibility index (Phi) is 5.13. The zero-order chi connectivity index (χ0) is 14.7. The summed E-state index contributed by atoms with van der Waals surface area (Å²) >= 11 is 6.48. The lowest BCUT2D eigenvalue weighted by Gasteiger charge is -2.29. The number of hydrogen-bond donors (Lipinski definition) is 1. The number of methoxy groups -OCH3 is 2. The number of benzene rings is 1. The summed E-state index contributed by atoms with van der Waals surface area (Å²) in [6.07, 6.45) is -0.0477. The van der Waals surface area contributed by atoms with E-state index in [0.29, 0.717) is 17.4 Å². The molecule has 112 valence electrons. The van der Waals surface area contributed by atoms with Crippen LogP contribution in [0.5, 0.6) is 11.5 Å². The first-order valence-electron chi connectivity index (χ1n) is 6.86. The molecule has 0 spiro atoms. The molecule has 1 aromatic rings. The highest BCUT2D eigenvalue weighted by molar-refractivity contribution is 6.31. The Bertz CT molecular complexity index is 471. The summed E-state index contributed by atoms with van der Waals surface area (Å²) in [7, 11) is 3.28. The molecule has 0 saturated carbocycles. The van der Waals surface area contributed by atoms with E-state index in [2.05, 4.69) is 19.2 Å². The Morgan fingerprint density at radius 3 is 2.60 bits per heavy atom. The van der Waals surface area contributed by atoms with E-state index in [0.717, 1.165) is 30.0 Å². The molecule has 5 heteroatoms. The van der Waals surface area contributed by atoms with Crippen LogP contribution in [-0.2, 0) is 4.74 Å². The Morgan fingerprint density at radius 1 is 1.35 bits per heavy atom. The van der Waals surface area contributed by atoms with Crippen LogP contribution in [0.3, 0.4) is 0 Å². The van der Waals surface area contributed by atoms with E-state index in [-0.39, 0.29) is 12.0 Å². The Labute approximate surface area is 125 Å². The lowest BCUT2D eigenvalue weighted by atomic mass is 9.91. The highest BCUT2D eigenvalue weighted by Crippen LogP contribution is 2.45. The van der Waals surface area contributed by atoms with Crippen LogP contribution in [0, 0.1) is 0 Å². The van der Waals surface area contributed by atoms with Gasteiger partial charge in [0.1, 0.15) is 0 Å². The molecule has 0 aliphatic carbocycles. The van der Waals surface area contributed by atoms with E-state index in [9.17, 15) is 0 Å². The van der Waals surface area contributed by atoms with Gasteiger partial charge in [-0.25, -0.2) is 0 Å². The molecule has 1 N–H and O–H groups in total. The molecule has 1 aromatic carbocycles. The maximum absolute atomic E-state index is 6.48. The second kappa shape index (κ2) is 6.66. The molecule has 2 rings (SSSR count). The van der Waals surface area contributed by atoms with Crippen molar-refractivity contribution in [3.63, 3.8) is 0 Å². The SMILES string of the molecule is COc1cc(Cl)c(C2CNCCO2)c(C(C)C)c1OC. The van der Waals surface area contributed by atoms with E-state index >= 15 is 0 Å². The quantitative estimate of drug-likeness (QED) is 0.927. The molecule has 4 nitrogen and oxygen atoms in total. The molecule has 0 radical (unpaired) electrons. The second-order valence-electron chi connectivity index (χ2n) is 5.14. The van der Waals surface area contributed by atoms with Crippen LogP contribution in [0.1, 0.15) is 37.0 Å². The number of morpholine rings is 1. The maximum Gasteiger partial charge on any atom is 0.164 e. The fourth-order valence-electron chi connectivity index (χ4n) is 2.66. The normalized spacial score (nSPS) is 19.2. The minimum atomic E-state index is -0.0477. The van der Waals surface area contributed by atoms with Gasteiger partial charge in [-0.2, -0.15) is 0 Å². The predicted octanol–water partition coefficient (Wildman–Crippen LogP) is 3.14. The third-order valence-corrected chi connectivity index (χ3v) is 3.84. The molecule has 0 bridgehead atoms. The van der Waals surface area contributed by atoms with Crippen LogP contribution in [-0.4, -0.2) is 33.9 Å². The maximum atomic E-state index is 6.48. The van der Waals surface area contributed by atoms with Crippen LogP contribution in [0.15, 0.2) is 6.07 Å². The topological polar surface area (TPSA) is 39.7 Å².